The molecule has 0 unspecified atom stereocenters. The first kappa shape index (κ1) is 18.6. The van der Waals surface area contributed by atoms with Gasteiger partial charge < -0.3 is 15.5 Å². The maximum atomic E-state index is 13.0. The fourth-order valence-corrected chi connectivity index (χ4v) is 2.70. The van der Waals surface area contributed by atoms with Crippen LogP contribution in [0.3, 0.4) is 0 Å². The van der Waals surface area contributed by atoms with Gasteiger partial charge in [-0.05, 0) is 55.3 Å². The van der Waals surface area contributed by atoms with Gasteiger partial charge >= 0.3 is 0 Å². The molecule has 0 aliphatic carbocycles. The summed E-state index contributed by atoms with van der Waals surface area (Å²) in [6.45, 7) is 2.57. The van der Waals surface area contributed by atoms with Crippen LogP contribution in [0.4, 0.5) is 27.4 Å². The highest BCUT2D eigenvalue weighted by molar-refractivity contribution is 5.62. The molecule has 3 aromatic rings. The second kappa shape index (κ2) is 8.49. The zero-order valence-corrected chi connectivity index (χ0v) is 15.8. The Morgan fingerprint density at radius 1 is 0.926 bits per heavy atom. The molecule has 0 radical (unpaired) electrons. The van der Waals surface area contributed by atoms with Crippen LogP contribution in [0.1, 0.15) is 11.4 Å². The van der Waals surface area contributed by atoms with Gasteiger partial charge in [-0.15, -0.1) is 0 Å². The van der Waals surface area contributed by atoms with E-state index in [0.717, 1.165) is 35.0 Å². The van der Waals surface area contributed by atoms with E-state index in [0.29, 0.717) is 12.4 Å². The molecule has 0 bridgehead atoms. The highest BCUT2D eigenvalue weighted by atomic mass is 19.1. The van der Waals surface area contributed by atoms with E-state index in [1.54, 1.807) is 12.1 Å². The topological polar surface area (TPSA) is 53.1 Å². The number of hydrogen-bond acceptors (Lipinski definition) is 5. The van der Waals surface area contributed by atoms with Crippen LogP contribution in [0.5, 0.6) is 0 Å². The summed E-state index contributed by atoms with van der Waals surface area (Å²) in [6.07, 6.45) is 0.790. The Balaban J connectivity index is 1.62. The van der Waals surface area contributed by atoms with Crippen LogP contribution in [0.25, 0.3) is 0 Å². The van der Waals surface area contributed by atoms with Gasteiger partial charge in [-0.25, -0.2) is 14.4 Å². The minimum Gasteiger partial charge on any atom is -0.378 e. The van der Waals surface area contributed by atoms with E-state index in [2.05, 4.69) is 37.6 Å². The molecule has 5 nitrogen and oxygen atoms in total. The van der Waals surface area contributed by atoms with Crippen LogP contribution in [0.2, 0.25) is 0 Å². The van der Waals surface area contributed by atoms with Crippen molar-refractivity contribution in [2.45, 2.75) is 13.3 Å². The molecule has 0 atom stereocenters. The standard InChI is InChI=1S/C21H24FN5/c1-15-24-20(23-13-12-16-4-6-17(22)7-5-16)14-21(25-15)26-18-8-10-19(11-9-18)27(2)3/h4-11,14H,12-13H2,1-3H3,(H2,23,24,25,26). The van der Waals surface area contributed by atoms with Crippen molar-refractivity contribution in [2.75, 3.05) is 36.2 Å². The number of hydrogen-bond donors (Lipinski definition) is 2. The number of aromatic nitrogens is 2. The molecule has 1 heterocycles. The number of nitrogens with one attached hydrogen (secondary N) is 2. The smallest absolute Gasteiger partial charge is 0.136 e. The molecule has 1 aromatic heterocycles. The fraction of sp³-hybridized carbons (Fsp3) is 0.238. The van der Waals surface area contributed by atoms with Crippen LogP contribution >= 0.6 is 0 Å². The van der Waals surface area contributed by atoms with Gasteiger partial charge in [-0.2, -0.15) is 0 Å². The molecule has 3 rings (SSSR count). The maximum absolute atomic E-state index is 13.0. The van der Waals surface area contributed by atoms with Gasteiger partial charge in [0, 0.05) is 38.1 Å². The Morgan fingerprint density at radius 3 is 2.26 bits per heavy atom. The summed E-state index contributed by atoms with van der Waals surface area (Å²) in [4.78, 5) is 10.9. The van der Waals surface area contributed by atoms with Crippen LogP contribution in [-0.2, 0) is 6.42 Å². The first-order chi connectivity index (χ1) is 13.0. The van der Waals surface area contributed by atoms with Gasteiger partial charge in [0.15, 0.2) is 0 Å². The van der Waals surface area contributed by atoms with E-state index in [9.17, 15) is 4.39 Å². The van der Waals surface area contributed by atoms with E-state index in [1.807, 2.05) is 39.2 Å². The first-order valence-electron chi connectivity index (χ1n) is 8.88. The van der Waals surface area contributed by atoms with Gasteiger partial charge in [0.25, 0.3) is 0 Å². The lowest BCUT2D eigenvalue weighted by atomic mass is 10.1. The molecule has 2 N–H and O–H groups in total. The van der Waals surface area contributed by atoms with Crippen molar-refractivity contribution in [3.05, 3.63) is 71.8 Å². The Kier molecular flexibility index (Phi) is 5.86. The quantitative estimate of drug-likeness (QED) is 0.650. The van der Waals surface area contributed by atoms with Gasteiger partial charge in [-0.1, -0.05) is 12.1 Å². The van der Waals surface area contributed by atoms with Gasteiger partial charge in [0.2, 0.25) is 0 Å². The van der Waals surface area contributed by atoms with Crippen molar-refractivity contribution in [3.63, 3.8) is 0 Å². The number of halogens is 1. The van der Waals surface area contributed by atoms with Gasteiger partial charge in [0.1, 0.15) is 23.3 Å². The van der Waals surface area contributed by atoms with Crippen molar-refractivity contribution in [1.29, 1.82) is 0 Å². The summed E-state index contributed by atoms with van der Waals surface area (Å²) in [5, 5.41) is 6.62. The second-order valence-corrected chi connectivity index (χ2v) is 6.56. The molecule has 140 valence electrons. The number of benzene rings is 2. The number of aryl methyl sites for hydroxylation is 1. The third-order valence-corrected chi connectivity index (χ3v) is 4.13. The monoisotopic (exact) mass is 365 g/mol. The molecule has 0 amide bonds. The van der Waals surface area contributed by atoms with Crippen molar-refractivity contribution in [3.8, 4) is 0 Å². The van der Waals surface area contributed by atoms with E-state index in [1.165, 1.54) is 12.1 Å². The van der Waals surface area contributed by atoms with E-state index in [4.69, 9.17) is 0 Å². The zero-order chi connectivity index (χ0) is 19.2. The molecule has 0 spiro atoms. The van der Waals surface area contributed by atoms with Crippen molar-refractivity contribution in [1.82, 2.24) is 9.97 Å². The molecular formula is C21H24FN5. The SMILES string of the molecule is Cc1nc(NCCc2ccc(F)cc2)cc(Nc2ccc(N(C)C)cc2)n1. The third-order valence-electron chi connectivity index (χ3n) is 4.13. The minimum atomic E-state index is -0.215. The Labute approximate surface area is 159 Å². The highest BCUT2D eigenvalue weighted by Crippen LogP contribution is 2.20. The molecular weight excluding hydrogens is 341 g/mol. The molecule has 6 heteroatoms. The van der Waals surface area contributed by atoms with Crippen molar-refractivity contribution < 1.29 is 4.39 Å². The molecule has 27 heavy (non-hydrogen) atoms. The van der Waals surface area contributed by atoms with Crippen LogP contribution in [-0.4, -0.2) is 30.6 Å². The Morgan fingerprint density at radius 2 is 1.59 bits per heavy atom. The number of nitrogens with zero attached hydrogens (tertiary/aromatic N) is 3. The third kappa shape index (κ3) is 5.41. The highest BCUT2D eigenvalue weighted by Gasteiger charge is 2.04. The number of anilines is 4. The summed E-state index contributed by atoms with van der Waals surface area (Å²) in [7, 11) is 4.03. The van der Waals surface area contributed by atoms with E-state index >= 15 is 0 Å². The lowest BCUT2D eigenvalue weighted by molar-refractivity contribution is 0.627. The van der Waals surface area contributed by atoms with E-state index in [-0.39, 0.29) is 5.82 Å². The molecule has 0 fully saturated rings. The van der Waals surface area contributed by atoms with Crippen LogP contribution < -0.4 is 15.5 Å². The molecule has 0 saturated carbocycles. The maximum Gasteiger partial charge on any atom is 0.136 e. The van der Waals surface area contributed by atoms with Crippen molar-refractivity contribution in [2.24, 2.45) is 0 Å². The average Bonchev–Trinajstić information content (AvgIpc) is 2.63. The van der Waals surface area contributed by atoms with Gasteiger partial charge in [-0.3, -0.25) is 0 Å². The van der Waals surface area contributed by atoms with Crippen molar-refractivity contribution >= 4 is 23.0 Å². The molecule has 0 saturated heterocycles. The Hall–Kier alpha value is -3.15. The largest absolute Gasteiger partial charge is 0.378 e. The summed E-state index contributed by atoms with van der Waals surface area (Å²) in [5.41, 5.74) is 3.19. The molecule has 0 aliphatic rings. The normalized spacial score (nSPS) is 10.5. The average molecular weight is 365 g/mol. The fourth-order valence-electron chi connectivity index (χ4n) is 2.70. The van der Waals surface area contributed by atoms with Crippen LogP contribution in [0, 0.1) is 12.7 Å². The predicted molar refractivity (Wildman–Crippen MR) is 109 cm³/mol. The number of rotatable bonds is 7. The zero-order valence-electron chi connectivity index (χ0n) is 15.8. The molecule has 0 aliphatic heterocycles. The Bertz CT molecular complexity index is 876. The lowest BCUT2D eigenvalue weighted by Crippen LogP contribution is -2.09. The van der Waals surface area contributed by atoms with Crippen LogP contribution in [0.15, 0.2) is 54.6 Å². The summed E-state index contributed by atoms with van der Waals surface area (Å²) >= 11 is 0. The summed E-state index contributed by atoms with van der Waals surface area (Å²) in [6, 6.07) is 16.6. The molecule has 2 aromatic carbocycles. The minimum absolute atomic E-state index is 0.215. The summed E-state index contributed by atoms with van der Waals surface area (Å²) < 4.78 is 13.0. The lowest BCUT2D eigenvalue weighted by Gasteiger charge is -2.14. The summed E-state index contributed by atoms with van der Waals surface area (Å²) in [5.74, 6) is 1.98. The first-order valence-corrected chi connectivity index (χ1v) is 8.88. The predicted octanol–water partition coefficient (Wildman–Crippen LogP) is 4.39. The second-order valence-electron chi connectivity index (χ2n) is 6.56. The van der Waals surface area contributed by atoms with E-state index < -0.39 is 0 Å². The van der Waals surface area contributed by atoms with Gasteiger partial charge in [0.05, 0.1) is 0 Å².